The van der Waals surface area contributed by atoms with Crippen LogP contribution in [0.2, 0.25) is 0 Å². The standard InChI is InChI=1S/C18H18N6O/c1-11(2)14-9-17(24-16(22-14)7-8-20-24)19-10-15-21-13-6-4-3-5-12(13)18(25)23-15/h3-9,11,19H,10H2,1-2H3,(H,21,23,25). The number of hydrogen-bond donors (Lipinski definition) is 2. The molecule has 0 unspecified atom stereocenters. The third-order valence-corrected chi connectivity index (χ3v) is 4.07. The molecule has 0 aliphatic rings. The van der Waals surface area contributed by atoms with Gasteiger partial charge in [0.2, 0.25) is 0 Å². The number of rotatable bonds is 4. The zero-order valence-corrected chi connectivity index (χ0v) is 14.0. The van der Waals surface area contributed by atoms with Gasteiger partial charge in [-0.25, -0.2) is 9.97 Å². The fraction of sp³-hybridized carbons (Fsp3) is 0.222. The lowest BCUT2D eigenvalue weighted by molar-refractivity contribution is 0.806. The summed E-state index contributed by atoms with van der Waals surface area (Å²) in [6.07, 6.45) is 1.72. The molecular formula is C18H18N6O. The van der Waals surface area contributed by atoms with Crippen molar-refractivity contribution >= 4 is 22.4 Å². The van der Waals surface area contributed by atoms with Crippen molar-refractivity contribution in [1.82, 2.24) is 24.6 Å². The molecule has 0 saturated carbocycles. The van der Waals surface area contributed by atoms with Gasteiger partial charge in [0.25, 0.3) is 5.56 Å². The lowest BCUT2D eigenvalue weighted by Gasteiger charge is -2.12. The van der Waals surface area contributed by atoms with Crippen LogP contribution < -0.4 is 10.9 Å². The predicted molar refractivity (Wildman–Crippen MR) is 96.8 cm³/mol. The fourth-order valence-electron chi connectivity index (χ4n) is 2.75. The molecule has 0 aliphatic heterocycles. The number of fused-ring (bicyclic) bond motifs is 2. The molecule has 0 bridgehead atoms. The number of nitrogens with one attached hydrogen (secondary N) is 2. The minimum Gasteiger partial charge on any atom is -0.363 e. The summed E-state index contributed by atoms with van der Waals surface area (Å²) in [4.78, 5) is 24.1. The Morgan fingerprint density at radius 2 is 2.04 bits per heavy atom. The highest BCUT2D eigenvalue weighted by atomic mass is 16.1. The van der Waals surface area contributed by atoms with Crippen molar-refractivity contribution < 1.29 is 0 Å². The van der Waals surface area contributed by atoms with Gasteiger partial charge in [0.15, 0.2) is 5.65 Å². The summed E-state index contributed by atoms with van der Waals surface area (Å²) in [5, 5.41) is 8.19. The molecule has 3 aromatic heterocycles. The predicted octanol–water partition coefficient (Wildman–Crippen LogP) is 2.70. The van der Waals surface area contributed by atoms with E-state index in [2.05, 4.69) is 39.2 Å². The van der Waals surface area contributed by atoms with Crippen molar-refractivity contribution in [3.63, 3.8) is 0 Å². The zero-order chi connectivity index (χ0) is 17.4. The average Bonchev–Trinajstić information content (AvgIpc) is 3.08. The van der Waals surface area contributed by atoms with E-state index in [1.807, 2.05) is 30.3 Å². The summed E-state index contributed by atoms with van der Waals surface area (Å²) in [5.74, 6) is 1.69. The Balaban J connectivity index is 1.68. The first-order chi connectivity index (χ1) is 12.1. The fourth-order valence-corrected chi connectivity index (χ4v) is 2.75. The minimum atomic E-state index is -0.135. The van der Waals surface area contributed by atoms with E-state index >= 15 is 0 Å². The van der Waals surface area contributed by atoms with E-state index < -0.39 is 0 Å². The largest absolute Gasteiger partial charge is 0.363 e. The Labute approximate surface area is 143 Å². The van der Waals surface area contributed by atoms with E-state index in [-0.39, 0.29) is 5.56 Å². The van der Waals surface area contributed by atoms with Gasteiger partial charge in [0.1, 0.15) is 11.6 Å². The molecule has 4 aromatic rings. The van der Waals surface area contributed by atoms with Crippen LogP contribution in [0.15, 0.2) is 47.4 Å². The van der Waals surface area contributed by atoms with Crippen LogP contribution in [0.5, 0.6) is 0 Å². The van der Waals surface area contributed by atoms with Gasteiger partial charge >= 0.3 is 0 Å². The maximum Gasteiger partial charge on any atom is 0.258 e. The molecule has 7 heteroatoms. The van der Waals surface area contributed by atoms with Crippen LogP contribution >= 0.6 is 0 Å². The van der Waals surface area contributed by atoms with Gasteiger partial charge in [-0.1, -0.05) is 26.0 Å². The lowest BCUT2D eigenvalue weighted by atomic mass is 10.1. The second-order valence-electron chi connectivity index (χ2n) is 6.21. The topological polar surface area (TPSA) is 88.0 Å². The number of aromatic nitrogens is 5. The summed E-state index contributed by atoms with van der Waals surface area (Å²) < 4.78 is 1.74. The summed E-state index contributed by atoms with van der Waals surface area (Å²) in [5.41, 5.74) is 2.32. The first-order valence-corrected chi connectivity index (χ1v) is 8.18. The molecule has 126 valence electrons. The molecule has 0 aliphatic carbocycles. The Morgan fingerprint density at radius 1 is 1.20 bits per heavy atom. The summed E-state index contributed by atoms with van der Waals surface area (Å²) in [6, 6.07) is 11.1. The second kappa shape index (κ2) is 6.01. The average molecular weight is 334 g/mol. The molecule has 25 heavy (non-hydrogen) atoms. The number of benzene rings is 1. The van der Waals surface area contributed by atoms with E-state index in [4.69, 9.17) is 0 Å². The van der Waals surface area contributed by atoms with Crippen molar-refractivity contribution in [2.45, 2.75) is 26.3 Å². The zero-order valence-electron chi connectivity index (χ0n) is 14.0. The van der Waals surface area contributed by atoms with Crippen molar-refractivity contribution in [2.24, 2.45) is 0 Å². The third-order valence-electron chi connectivity index (χ3n) is 4.07. The van der Waals surface area contributed by atoms with Crippen molar-refractivity contribution in [2.75, 3.05) is 5.32 Å². The van der Waals surface area contributed by atoms with E-state index in [0.717, 1.165) is 17.2 Å². The summed E-state index contributed by atoms with van der Waals surface area (Å²) in [7, 11) is 0. The van der Waals surface area contributed by atoms with Crippen LogP contribution in [0.3, 0.4) is 0 Å². The number of H-pyrrole nitrogens is 1. The number of nitrogens with zero attached hydrogens (tertiary/aromatic N) is 4. The Kier molecular flexibility index (Phi) is 3.68. The van der Waals surface area contributed by atoms with E-state index in [0.29, 0.717) is 29.2 Å². The normalized spacial score (nSPS) is 11.5. The first kappa shape index (κ1) is 15.3. The Morgan fingerprint density at radius 3 is 2.88 bits per heavy atom. The number of para-hydroxylation sites is 1. The smallest absolute Gasteiger partial charge is 0.258 e. The summed E-state index contributed by atoms with van der Waals surface area (Å²) >= 11 is 0. The van der Waals surface area contributed by atoms with E-state index in [1.54, 1.807) is 16.8 Å². The summed E-state index contributed by atoms with van der Waals surface area (Å²) in [6.45, 7) is 4.58. The monoisotopic (exact) mass is 334 g/mol. The number of aromatic amines is 1. The second-order valence-corrected chi connectivity index (χ2v) is 6.21. The number of hydrogen-bond acceptors (Lipinski definition) is 5. The maximum absolute atomic E-state index is 12.2. The molecular weight excluding hydrogens is 316 g/mol. The Bertz CT molecular complexity index is 1110. The van der Waals surface area contributed by atoms with Crippen molar-refractivity contribution in [3.05, 3.63) is 64.5 Å². The quantitative estimate of drug-likeness (QED) is 0.599. The van der Waals surface area contributed by atoms with E-state index in [9.17, 15) is 4.79 Å². The molecule has 0 amide bonds. The molecule has 0 spiro atoms. The van der Waals surface area contributed by atoms with Gasteiger partial charge in [0.05, 0.1) is 23.6 Å². The molecule has 0 atom stereocenters. The van der Waals surface area contributed by atoms with Crippen LogP contribution in [-0.4, -0.2) is 24.6 Å². The highest BCUT2D eigenvalue weighted by molar-refractivity contribution is 5.77. The number of anilines is 1. The van der Waals surface area contributed by atoms with Crippen LogP contribution in [0.1, 0.15) is 31.3 Å². The molecule has 0 radical (unpaired) electrons. The van der Waals surface area contributed by atoms with Gasteiger partial charge in [-0.2, -0.15) is 9.61 Å². The SMILES string of the molecule is CC(C)c1cc(NCc2nc3ccccc3c(=O)[nH]2)n2nccc2n1. The molecule has 0 saturated heterocycles. The molecule has 4 rings (SSSR count). The molecule has 1 aromatic carbocycles. The van der Waals surface area contributed by atoms with Gasteiger partial charge in [0, 0.05) is 17.8 Å². The molecule has 2 N–H and O–H groups in total. The highest BCUT2D eigenvalue weighted by Gasteiger charge is 2.10. The van der Waals surface area contributed by atoms with E-state index in [1.165, 1.54) is 0 Å². The third kappa shape index (κ3) is 2.84. The van der Waals surface area contributed by atoms with Gasteiger partial charge in [-0.05, 0) is 18.1 Å². The molecule has 0 fully saturated rings. The van der Waals surface area contributed by atoms with Crippen LogP contribution in [-0.2, 0) is 6.54 Å². The molecule has 3 heterocycles. The van der Waals surface area contributed by atoms with Gasteiger partial charge in [-0.15, -0.1) is 0 Å². The van der Waals surface area contributed by atoms with Crippen LogP contribution in [0.25, 0.3) is 16.6 Å². The van der Waals surface area contributed by atoms with Gasteiger partial charge < -0.3 is 10.3 Å². The maximum atomic E-state index is 12.2. The van der Waals surface area contributed by atoms with Crippen molar-refractivity contribution in [1.29, 1.82) is 0 Å². The molecule has 7 nitrogen and oxygen atoms in total. The first-order valence-electron chi connectivity index (χ1n) is 8.18. The van der Waals surface area contributed by atoms with Crippen LogP contribution in [0.4, 0.5) is 5.82 Å². The lowest BCUT2D eigenvalue weighted by Crippen LogP contribution is -2.15. The van der Waals surface area contributed by atoms with Gasteiger partial charge in [-0.3, -0.25) is 4.79 Å². The van der Waals surface area contributed by atoms with Crippen LogP contribution in [0, 0.1) is 0 Å². The Hall–Kier alpha value is -3.22. The minimum absolute atomic E-state index is 0.135. The van der Waals surface area contributed by atoms with Crippen molar-refractivity contribution in [3.8, 4) is 0 Å². The highest BCUT2D eigenvalue weighted by Crippen LogP contribution is 2.19.